The minimum atomic E-state index is -1.45. The average molecular weight is 582 g/mol. The van der Waals surface area contributed by atoms with Crippen LogP contribution in [0.4, 0.5) is 0 Å². The smallest absolute Gasteiger partial charge is 0.303 e. The van der Waals surface area contributed by atoms with Gasteiger partial charge in [-0.3, -0.25) is 28.9 Å². The lowest BCUT2D eigenvalue weighted by molar-refractivity contribution is -0.268. The number of hydrogen-bond acceptors (Lipinski definition) is 13. The van der Waals surface area contributed by atoms with E-state index < -0.39 is 67.0 Å². The van der Waals surface area contributed by atoms with Gasteiger partial charge in [-0.25, -0.2) is 0 Å². The van der Waals surface area contributed by atoms with Crippen molar-refractivity contribution in [2.24, 2.45) is 0 Å². The van der Waals surface area contributed by atoms with Crippen LogP contribution in [0.3, 0.4) is 0 Å². The Morgan fingerprint density at radius 3 is 2.03 bits per heavy atom. The first-order valence-corrected chi connectivity index (χ1v) is 12.8. The van der Waals surface area contributed by atoms with E-state index in [0.29, 0.717) is 11.3 Å². The van der Waals surface area contributed by atoms with Crippen LogP contribution in [0.5, 0.6) is 5.75 Å². The van der Waals surface area contributed by atoms with Gasteiger partial charge in [0.2, 0.25) is 0 Å². The second kappa shape index (κ2) is 13.0. The number of ether oxygens (including phenoxy) is 6. The Labute approximate surface area is 233 Å². The lowest BCUT2D eigenvalue weighted by Gasteiger charge is -2.46. The number of benzene rings is 1. The van der Waals surface area contributed by atoms with Crippen molar-refractivity contribution in [1.29, 1.82) is 0 Å². The molecule has 0 bridgehead atoms. The quantitative estimate of drug-likeness (QED) is 0.191. The highest BCUT2D eigenvalue weighted by atomic mass is 32.2. The minimum absolute atomic E-state index is 0.0701. The molecule has 2 heterocycles. The van der Waals surface area contributed by atoms with Crippen LogP contribution in [-0.2, 0) is 47.7 Å². The molecule has 0 aliphatic carbocycles. The van der Waals surface area contributed by atoms with E-state index in [1.807, 2.05) is 0 Å². The molecule has 1 aromatic rings. The first-order chi connectivity index (χ1) is 18.4. The van der Waals surface area contributed by atoms with Crippen molar-refractivity contribution in [2.45, 2.75) is 58.3 Å². The molecular formula is C25H27NO11S2. The van der Waals surface area contributed by atoms with E-state index in [4.69, 9.17) is 40.6 Å². The maximum absolute atomic E-state index is 13.6. The van der Waals surface area contributed by atoms with Gasteiger partial charge in [-0.15, -0.1) is 0 Å². The van der Waals surface area contributed by atoms with Crippen molar-refractivity contribution >= 4 is 64.2 Å². The molecule has 39 heavy (non-hydrogen) atoms. The van der Waals surface area contributed by atoms with Crippen LogP contribution in [-0.4, -0.2) is 83.4 Å². The molecule has 5 atom stereocenters. The molecule has 3 rings (SSSR count). The van der Waals surface area contributed by atoms with E-state index in [1.54, 1.807) is 30.3 Å². The number of methoxy groups -OCH3 is 1. The molecule has 2 aliphatic rings. The van der Waals surface area contributed by atoms with Crippen LogP contribution in [0.1, 0.15) is 33.3 Å². The molecule has 0 N–H and O–H groups in total. The summed E-state index contributed by atoms with van der Waals surface area (Å²) in [6.07, 6.45) is -5.24. The summed E-state index contributed by atoms with van der Waals surface area (Å²) in [4.78, 5) is 62.5. The van der Waals surface area contributed by atoms with E-state index in [9.17, 15) is 24.0 Å². The van der Waals surface area contributed by atoms with Gasteiger partial charge in [-0.05, 0) is 23.8 Å². The lowest BCUT2D eigenvalue weighted by Crippen LogP contribution is -2.66. The highest BCUT2D eigenvalue weighted by Crippen LogP contribution is 2.39. The third-order valence-corrected chi connectivity index (χ3v) is 6.79. The Bertz CT molecular complexity index is 1180. The molecule has 2 saturated heterocycles. The van der Waals surface area contributed by atoms with Crippen molar-refractivity contribution < 1.29 is 52.4 Å². The Kier molecular flexibility index (Phi) is 10.1. The highest BCUT2D eigenvalue weighted by Gasteiger charge is 2.56. The molecule has 14 heteroatoms. The summed E-state index contributed by atoms with van der Waals surface area (Å²) in [5.74, 6) is -2.92. The monoisotopic (exact) mass is 581 g/mol. The Morgan fingerprint density at radius 1 is 0.923 bits per heavy atom. The van der Waals surface area contributed by atoms with Crippen molar-refractivity contribution in [3.63, 3.8) is 0 Å². The van der Waals surface area contributed by atoms with Gasteiger partial charge in [-0.1, -0.05) is 36.1 Å². The number of carbonyl (C=O) groups is 5. The van der Waals surface area contributed by atoms with Crippen molar-refractivity contribution in [2.75, 3.05) is 13.7 Å². The van der Waals surface area contributed by atoms with E-state index in [-0.39, 0.29) is 9.23 Å². The molecule has 0 spiro atoms. The zero-order valence-electron chi connectivity index (χ0n) is 21.7. The number of rotatable bonds is 8. The first-order valence-electron chi connectivity index (χ1n) is 11.6. The number of nitrogens with zero attached hydrogens (tertiary/aromatic N) is 1. The molecule has 1 amide bonds. The fourth-order valence-electron chi connectivity index (χ4n) is 3.96. The third kappa shape index (κ3) is 7.55. The predicted octanol–water partition coefficient (Wildman–Crippen LogP) is 1.98. The second-order valence-electron chi connectivity index (χ2n) is 8.41. The van der Waals surface area contributed by atoms with Crippen LogP contribution < -0.4 is 4.74 Å². The Balaban J connectivity index is 2.03. The topological polar surface area (TPSA) is 144 Å². The number of thioether (sulfide) groups is 1. The number of carbonyl (C=O) groups excluding carboxylic acids is 5. The molecule has 12 nitrogen and oxygen atoms in total. The van der Waals surface area contributed by atoms with Gasteiger partial charge in [0.1, 0.15) is 18.5 Å². The maximum Gasteiger partial charge on any atom is 0.303 e. The van der Waals surface area contributed by atoms with Crippen LogP contribution in [0.15, 0.2) is 29.2 Å². The molecule has 0 unspecified atom stereocenters. The number of amides is 1. The van der Waals surface area contributed by atoms with Crippen LogP contribution in [0.25, 0.3) is 6.08 Å². The number of esters is 4. The van der Waals surface area contributed by atoms with Gasteiger partial charge in [-0.2, -0.15) is 0 Å². The molecule has 1 aromatic carbocycles. The van der Waals surface area contributed by atoms with E-state index in [0.717, 1.165) is 37.4 Å². The van der Waals surface area contributed by atoms with Gasteiger partial charge >= 0.3 is 23.9 Å². The lowest BCUT2D eigenvalue weighted by atomic mass is 9.96. The zero-order valence-corrected chi connectivity index (χ0v) is 23.4. The van der Waals surface area contributed by atoms with Gasteiger partial charge in [0, 0.05) is 27.7 Å². The van der Waals surface area contributed by atoms with Crippen LogP contribution in [0.2, 0.25) is 0 Å². The van der Waals surface area contributed by atoms with Crippen molar-refractivity contribution in [3.05, 3.63) is 34.7 Å². The predicted molar refractivity (Wildman–Crippen MR) is 140 cm³/mol. The molecule has 0 radical (unpaired) electrons. The molecule has 0 saturated carbocycles. The van der Waals surface area contributed by atoms with Gasteiger partial charge in [0.05, 0.1) is 12.0 Å². The standard InChI is InChI=1S/C25H27NO11S2/c1-12(27)33-11-18-20(34-13(2)28)21(35-14(3)29)22(36-15(4)30)24(37-18)26-23(31)19(39-25(26)38)10-16-6-8-17(32-5)9-7-16/h6-10,18,20-22,24H,11H2,1-5H3/b19-10+/t18-,20+,21+,22+,24-/m1/s1. The maximum atomic E-state index is 13.6. The molecular weight excluding hydrogens is 554 g/mol. The minimum Gasteiger partial charge on any atom is -0.497 e. The van der Waals surface area contributed by atoms with Gasteiger partial charge in [0.15, 0.2) is 28.9 Å². The summed E-state index contributed by atoms with van der Waals surface area (Å²) in [5, 5.41) is 0. The van der Waals surface area contributed by atoms with Crippen molar-refractivity contribution in [1.82, 2.24) is 4.90 Å². The van der Waals surface area contributed by atoms with Gasteiger partial charge in [0.25, 0.3) is 5.91 Å². The Morgan fingerprint density at radius 2 is 1.49 bits per heavy atom. The summed E-state index contributed by atoms with van der Waals surface area (Å²) in [5.41, 5.74) is 0.692. The average Bonchev–Trinajstić information content (AvgIpc) is 3.12. The second-order valence-corrected chi connectivity index (χ2v) is 10.1. The summed E-state index contributed by atoms with van der Waals surface area (Å²) < 4.78 is 32.6. The van der Waals surface area contributed by atoms with E-state index >= 15 is 0 Å². The summed E-state index contributed by atoms with van der Waals surface area (Å²) in [7, 11) is 1.54. The van der Waals surface area contributed by atoms with E-state index in [1.165, 1.54) is 14.0 Å². The molecule has 210 valence electrons. The summed E-state index contributed by atoms with van der Waals surface area (Å²) >= 11 is 6.46. The fourth-order valence-corrected chi connectivity index (χ4v) is 5.27. The number of hydrogen-bond donors (Lipinski definition) is 0. The zero-order chi connectivity index (χ0) is 28.9. The van der Waals surface area contributed by atoms with Crippen LogP contribution >= 0.6 is 24.0 Å². The van der Waals surface area contributed by atoms with Crippen LogP contribution in [0, 0.1) is 0 Å². The fraction of sp³-hybridized carbons (Fsp3) is 0.440. The molecule has 0 aromatic heterocycles. The largest absolute Gasteiger partial charge is 0.497 e. The van der Waals surface area contributed by atoms with Gasteiger partial charge < -0.3 is 28.4 Å². The highest BCUT2D eigenvalue weighted by molar-refractivity contribution is 8.26. The third-order valence-electron chi connectivity index (χ3n) is 5.46. The Hall–Kier alpha value is -3.49. The van der Waals surface area contributed by atoms with Crippen molar-refractivity contribution in [3.8, 4) is 5.75 Å². The molecule has 2 fully saturated rings. The number of thiocarbonyl (C=S) groups is 1. The van der Waals surface area contributed by atoms with E-state index in [2.05, 4.69) is 0 Å². The summed E-state index contributed by atoms with van der Waals surface area (Å²) in [6, 6.07) is 6.96. The SMILES string of the molecule is COc1ccc(/C=C2/SC(=S)N([C@@H]3O[C@H](COC(C)=O)[C@H](OC(C)=O)[C@H](OC(C)=O)[C@@H]3OC(C)=O)C2=O)cc1. The molecule has 2 aliphatic heterocycles. The first kappa shape index (κ1) is 30.1. The summed E-state index contributed by atoms with van der Waals surface area (Å²) in [6.45, 7) is 4.08. The normalized spacial score (nSPS) is 25.7.